The lowest BCUT2D eigenvalue weighted by Gasteiger charge is -2.13. The SMILES string of the molecule is C[C@@H]1NC(/C=C/c2ccc(F)cc2)=N[C@@H]1c1ccccc1. The minimum absolute atomic E-state index is 0.138. The van der Waals surface area contributed by atoms with Crippen LogP contribution in [-0.2, 0) is 0 Å². The van der Waals surface area contributed by atoms with Gasteiger partial charge in [0, 0.05) is 0 Å². The molecule has 2 nitrogen and oxygen atoms in total. The maximum absolute atomic E-state index is 12.9. The van der Waals surface area contributed by atoms with Crippen molar-refractivity contribution >= 4 is 11.9 Å². The van der Waals surface area contributed by atoms with Crippen molar-refractivity contribution in [1.82, 2.24) is 5.32 Å². The summed E-state index contributed by atoms with van der Waals surface area (Å²) in [4.78, 5) is 4.72. The van der Waals surface area contributed by atoms with Crippen LogP contribution in [0.1, 0.15) is 24.1 Å². The minimum atomic E-state index is -0.221. The molecular formula is C18H17FN2. The van der Waals surface area contributed by atoms with Crippen molar-refractivity contribution in [3.63, 3.8) is 0 Å². The number of hydrogen-bond acceptors (Lipinski definition) is 2. The second kappa shape index (κ2) is 5.92. The van der Waals surface area contributed by atoms with E-state index in [0.29, 0.717) is 0 Å². The fourth-order valence-electron chi connectivity index (χ4n) is 2.46. The van der Waals surface area contributed by atoms with Crippen molar-refractivity contribution in [2.24, 2.45) is 4.99 Å². The number of hydrogen-bond donors (Lipinski definition) is 1. The van der Waals surface area contributed by atoms with Gasteiger partial charge in [0.25, 0.3) is 0 Å². The second-order valence-corrected chi connectivity index (χ2v) is 5.19. The van der Waals surface area contributed by atoms with Crippen LogP contribution in [0, 0.1) is 5.82 Å². The maximum atomic E-state index is 12.9. The van der Waals surface area contributed by atoms with Crippen molar-refractivity contribution in [1.29, 1.82) is 0 Å². The van der Waals surface area contributed by atoms with E-state index in [4.69, 9.17) is 4.99 Å². The smallest absolute Gasteiger partial charge is 0.123 e. The van der Waals surface area contributed by atoms with E-state index >= 15 is 0 Å². The van der Waals surface area contributed by atoms with E-state index in [9.17, 15) is 4.39 Å². The van der Waals surface area contributed by atoms with Crippen LogP contribution in [0.25, 0.3) is 6.08 Å². The summed E-state index contributed by atoms with van der Waals surface area (Å²) in [6.45, 7) is 2.12. The third-order valence-electron chi connectivity index (χ3n) is 3.57. The molecule has 3 rings (SSSR count). The summed E-state index contributed by atoms with van der Waals surface area (Å²) in [5.74, 6) is 0.641. The zero-order valence-corrected chi connectivity index (χ0v) is 11.8. The van der Waals surface area contributed by atoms with E-state index in [1.54, 1.807) is 12.1 Å². The molecule has 0 spiro atoms. The highest BCUT2D eigenvalue weighted by atomic mass is 19.1. The molecule has 1 aliphatic heterocycles. The minimum Gasteiger partial charge on any atom is -0.365 e. The van der Waals surface area contributed by atoms with Gasteiger partial charge >= 0.3 is 0 Å². The van der Waals surface area contributed by atoms with Crippen LogP contribution in [0.4, 0.5) is 4.39 Å². The van der Waals surface area contributed by atoms with Crippen molar-refractivity contribution in [2.75, 3.05) is 0 Å². The summed E-state index contributed by atoms with van der Waals surface area (Å²) in [6.07, 6.45) is 3.87. The monoisotopic (exact) mass is 280 g/mol. The first kappa shape index (κ1) is 13.6. The molecule has 21 heavy (non-hydrogen) atoms. The number of benzene rings is 2. The van der Waals surface area contributed by atoms with Crippen LogP contribution in [-0.4, -0.2) is 11.9 Å². The molecule has 2 aromatic carbocycles. The van der Waals surface area contributed by atoms with Crippen LogP contribution in [0.15, 0.2) is 65.7 Å². The first-order valence-corrected chi connectivity index (χ1v) is 7.05. The highest BCUT2D eigenvalue weighted by Gasteiger charge is 2.24. The van der Waals surface area contributed by atoms with Gasteiger partial charge in [-0.3, -0.25) is 4.99 Å². The summed E-state index contributed by atoms with van der Waals surface area (Å²) in [5, 5.41) is 3.37. The van der Waals surface area contributed by atoms with E-state index in [1.165, 1.54) is 17.7 Å². The van der Waals surface area contributed by atoms with Crippen LogP contribution in [0.3, 0.4) is 0 Å². The Balaban J connectivity index is 1.76. The second-order valence-electron chi connectivity index (χ2n) is 5.19. The van der Waals surface area contributed by atoms with Crippen LogP contribution in [0.2, 0.25) is 0 Å². The van der Waals surface area contributed by atoms with Crippen LogP contribution < -0.4 is 5.32 Å². The van der Waals surface area contributed by atoms with Gasteiger partial charge in [0.05, 0.1) is 12.1 Å². The Labute approximate surface area is 124 Å². The van der Waals surface area contributed by atoms with Gasteiger partial charge in [0.15, 0.2) is 0 Å². The molecule has 0 radical (unpaired) electrons. The van der Waals surface area contributed by atoms with E-state index in [2.05, 4.69) is 24.4 Å². The third-order valence-corrected chi connectivity index (χ3v) is 3.57. The molecule has 1 aliphatic rings. The summed E-state index contributed by atoms with van der Waals surface area (Å²) in [5.41, 5.74) is 2.17. The van der Waals surface area contributed by atoms with Crippen molar-refractivity contribution in [2.45, 2.75) is 19.0 Å². The van der Waals surface area contributed by atoms with E-state index in [1.807, 2.05) is 30.4 Å². The van der Waals surface area contributed by atoms with Crippen LogP contribution in [0.5, 0.6) is 0 Å². The molecule has 0 unspecified atom stereocenters. The predicted octanol–water partition coefficient (Wildman–Crippen LogP) is 3.97. The number of halogens is 1. The van der Waals surface area contributed by atoms with Gasteiger partial charge in [-0.15, -0.1) is 0 Å². The number of aliphatic imine (C=N–C) groups is 1. The third kappa shape index (κ3) is 3.19. The average Bonchev–Trinajstić information content (AvgIpc) is 2.89. The van der Waals surface area contributed by atoms with Gasteiger partial charge in [-0.2, -0.15) is 0 Å². The average molecular weight is 280 g/mol. The molecule has 1 heterocycles. The van der Waals surface area contributed by atoms with Gasteiger partial charge in [0.2, 0.25) is 0 Å². The van der Waals surface area contributed by atoms with E-state index < -0.39 is 0 Å². The first-order valence-electron chi connectivity index (χ1n) is 7.05. The largest absolute Gasteiger partial charge is 0.365 e. The maximum Gasteiger partial charge on any atom is 0.123 e. The molecule has 0 aliphatic carbocycles. The van der Waals surface area contributed by atoms with Gasteiger partial charge in [-0.05, 0) is 36.3 Å². The van der Waals surface area contributed by atoms with E-state index in [0.717, 1.165) is 11.4 Å². The van der Waals surface area contributed by atoms with Gasteiger partial charge in [-0.1, -0.05) is 48.5 Å². The zero-order valence-electron chi connectivity index (χ0n) is 11.8. The molecule has 0 saturated carbocycles. The summed E-state index contributed by atoms with van der Waals surface area (Å²) in [7, 11) is 0. The lowest BCUT2D eigenvalue weighted by atomic mass is 10.0. The Morgan fingerprint density at radius 2 is 1.71 bits per heavy atom. The molecule has 2 atom stereocenters. The molecule has 2 aromatic rings. The number of rotatable bonds is 3. The van der Waals surface area contributed by atoms with Crippen molar-refractivity contribution in [3.05, 3.63) is 77.6 Å². The standard InChI is InChI=1S/C18H17FN2/c1-13-18(15-5-3-2-4-6-15)21-17(20-13)12-9-14-7-10-16(19)11-8-14/h2-13,18H,1H3,(H,20,21)/b12-9+/t13-,18-/m0/s1. The summed E-state index contributed by atoms with van der Waals surface area (Å²) < 4.78 is 12.9. The molecular weight excluding hydrogens is 263 g/mol. The highest BCUT2D eigenvalue weighted by Crippen LogP contribution is 2.25. The topological polar surface area (TPSA) is 24.4 Å². The molecule has 0 aromatic heterocycles. The summed E-state index contributed by atoms with van der Waals surface area (Å²) >= 11 is 0. The molecule has 0 amide bonds. The Morgan fingerprint density at radius 3 is 2.43 bits per heavy atom. The Bertz CT molecular complexity index is 659. The Morgan fingerprint density at radius 1 is 1.00 bits per heavy atom. The number of amidine groups is 1. The highest BCUT2D eigenvalue weighted by molar-refractivity contribution is 5.98. The van der Waals surface area contributed by atoms with Crippen molar-refractivity contribution < 1.29 is 4.39 Å². The molecule has 1 N–H and O–H groups in total. The quantitative estimate of drug-likeness (QED) is 0.904. The normalized spacial score (nSPS) is 21.3. The molecule has 0 saturated heterocycles. The van der Waals surface area contributed by atoms with Crippen molar-refractivity contribution in [3.8, 4) is 0 Å². The van der Waals surface area contributed by atoms with Gasteiger partial charge in [-0.25, -0.2) is 4.39 Å². The molecule has 0 bridgehead atoms. The summed E-state index contributed by atoms with van der Waals surface area (Å²) in [6, 6.07) is 17.1. The molecule has 106 valence electrons. The first-order chi connectivity index (χ1) is 10.2. The van der Waals surface area contributed by atoms with E-state index in [-0.39, 0.29) is 17.9 Å². The van der Waals surface area contributed by atoms with Gasteiger partial charge < -0.3 is 5.32 Å². The van der Waals surface area contributed by atoms with Crippen LogP contribution >= 0.6 is 0 Å². The predicted molar refractivity (Wildman–Crippen MR) is 84.6 cm³/mol. The van der Waals surface area contributed by atoms with Gasteiger partial charge in [0.1, 0.15) is 11.7 Å². The lowest BCUT2D eigenvalue weighted by molar-refractivity contribution is 0.588. The fraction of sp³-hybridized carbons (Fsp3) is 0.167. The molecule has 3 heteroatoms. The Kier molecular flexibility index (Phi) is 3.82. The lowest BCUT2D eigenvalue weighted by Crippen LogP contribution is -2.27. The fourth-order valence-corrected chi connectivity index (χ4v) is 2.46. The molecule has 0 fully saturated rings. The Hall–Kier alpha value is -2.42. The number of nitrogens with one attached hydrogen (secondary N) is 1. The number of nitrogens with zero attached hydrogens (tertiary/aromatic N) is 1. The zero-order chi connectivity index (χ0) is 14.7.